The Bertz CT molecular complexity index is 924. The average molecular weight is 401 g/mol. The molecule has 8 heteroatoms. The van der Waals surface area contributed by atoms with Crippen LogP contribution in [0.5, 0.6) is 0 Å². The molecule has 28 heavy (non-hydrogen) atoms. The number of hydrogen-bond acceptors (Lipinski definition) is 5. The quantitative estimate of drug-likeness (QED) is 0.594. The van der Waals surface area contributed by atoms with Crippen molar-refractivity contribution in [2.24, 2.45) is 0 Å². The van der Waals surface area contributed by atoms with Gasteiger partial charge in [0.1, 0.15) is 0 Å². The molecule has 2 aromatic rings. The molecule has 0 spiro atoms. The van der Waals surface area contributed by atoms with Crippen molar-refractivity contribution in [1.29, 1.82) is 0 Å². The fraction of sp³-hybridized carbons (Fsp3) is 0.200. The second kappa shape index (κ2) is 8.22. The summed E-state index contributed by atoms with van der Waals surface area (Å²) in [7, 11) is 0. The minimum atomic E-state index is -1.06. The highest BCUT2D eigenvalue weighted by atomic mass is 35.5. The molecule has 3 rings (SSSR count). The molecule has 2 aromatic carbocycles. The second-order valence-corrected chi connectivity index (χ2v) is 6.57. The summed E-state index contributed by atoms with van der Waals surface area (Å²) >= 11 is 5.97. The number of esters is 1. The number of ether oxygens (including phenoxy) is 1. The topological polar surface area (TPSA) is 92.8 Å². The van der Waals surface area contributed by atoms with Crippen LogP contribution in [0.3, 0.4) is 0 Å². The van der Waals surface area contributed by atoms with Crippen LogP contribution in [0.4, 0.5) is 5.69 Å². The summed E-state index contributed by atoms with van der Waals surface area (Å²) in [6.45, 7) is 1.30. The lowest BCUT2D eigenvalue weighted by molar-refractivity contribution is -0.153. The molecule has 0 fully saturated rings. The van der Waals surface area contributed by atoms with E-state index in [4.69, 9.17) is 16.3 Å². The summed E-state index contributed by atoms with van der Waals surface area (Å²) in [6.07, 6.45) is -1.28. The molecule has 1 N–H and O–H groups in total. The van der Waals surface area contributed by atoms with Gasteiger partial charge in [0.05, 0.1) is 28.3 Å². The predicted molar refractivity (Wildman–Crippen MR) is 102 cm³/mol. The zero-order chi connectivity index (χ0) is 20.3. The first-order valence-corrected chi connectivity index (χ1v) is 8.96. The van der Waals surface area contributed by atoms with E-state index >= 15 is 0 Å². The number of amides is 3. The van der Waals surface area contributed by atoms with Gasteiger partial charge in [0.25, 0.3) is 17.7 Å². The number of anilines is 1. The fourth-order valence-corrected chi connectivity index (χ4v) is 2.93. The van der Waals surface area contributed by atoms with E-state index in [2.05, 4.69) is 5.32 Å². The molecule has 144 valence electrons. The highest BCUT2D eigenvalue weighted by Gasteiger charge is 2.35. The standard InChI is InChI=1S/C20H17ClN2O5/c1-12(18(25)22-16-9-5-4-8-15(16)21)28-17(24)10-11-23-19(26)13-6-2-3-7-14(13)20(23)27/h2-9,12H,10-11H2,1H3,(H,22,25). The fourth-order valence-electron chi connectivity index (χ4n) is 2.75. The molecule has 0 saturated heterocycles. The Kier molecular flexibility index (Phi) is 5.75. The zero-order valence-electron chi connectivity index (χ0n) is 15.0. The maximum absolute atomic E-state index is 12.3. The van der Waals surface area contributed by atoms with Crippen LogP contribution in [0.25, 0.3) is 0 Å². The van der Waals surface area contributed by atoms with E-state index in [0.717, 1.165) is 4.90 Å². The third kappa shape index (κ3) is 4.04. The van der Waals surface area contributed by atoms with Crippen LogP contribution in [-0.4, -0.2) is 41.2 Å². The lowest BCUT2D eigenvalue weighted by atomic mass is 10.1. The van der Waals surface area contributed by atoms with Crippen LogP contribution < -0.4 is 5.32 Å². The van der Waals surface area contributed by atoms with E-state index in [-0.39, 0.29) is 13.0 Å². The molecule has 1 heterocycles. The van der Waals surface area contributed by atoms with Crippen molar-refractivity contribution in [2.45, 2.75) is 19.4 Å². The first kappa shape index (κ1) is 19.6. The number of fused-ring (bicyclic) bond motifs is 1. The number of rotatable bonds is 6. The van der Waals surface area contributed by atoms with Gasteiger partial charge in [-0.05, 0) is 31.2 Å². The van der Waals surface area contributed by atoms with Gasteiger partial charge in [-0.2, -0.15) is 0 Å². The Hall–Kier alpha value is -3.19. The third-order valence-electron chi connectivity index (χ3n) is 4.23. The number of nitrogens with zero attached hydrogens (tertiary/aromatic N) is 1. The van der Waals surface area contributed by atoms with E-state index in [1.54, 1.807) is 48.5 Å². The maximum atomic E-state index is 12.3. The van der Waals surface area contributed by atoms with Gasteiger partial charge in [0, 0.05) is 6.54 Å². The van der Waals surface area contributed by atoms with Gasteiger partial charge < -0.3 is 10.1 Å². The van der Waals surface area contributed by atoms with Crippen LogP contribution >= 0.6 is 11.6 Å². The van der Waals surface area contributed by atoms with Crippen molar-refractivity contribution in [3.8, 4) is 0 Å². The first-order chi connectivity index (χ1) is 13.4. The Morgan fingerprint density at radius 1 is 1.04 bits per heavy atom. The summed E-state index contributed by atoms with van der Waals surface area (Å²) in [5, 5.41) is 2.93. The van der Waals surface area contributed by atoms with E-state index in [0.29, 0.717) is 21.8 Å². The number of halogens is 1. The highest BCUT2D eigenvalue weighted by molar-refractivity contribution is 6.33. The van der Waals surface area contributed by atoms with Crippen molar-refractivity contribution in [3.05, 3.63) is 64.7 Å². The summed E-state index contributed by atoms with van der Waals surface area (Å²) in [5.41, 5.74) is 1.03. The molecule has 0 bridgehead atoms. The summed E-state index contributed by atoms with van der Waals surface area (Å²) in [4.78, 5) is 49.7. The molecule has 0 aromatic heterocycles. The molecule has 7 nitrogen and oxygen atoms in total. The van der Waals surface area contributed by atoms with Crippen molar-refractivity contribution >= 4 is 41.0 Å². The Labute approximate surface area is 166 Å². The average Bonchev–Trinajstić information content (AvgIpc) is 2.92. The van der Waals surface area contributed by atoms with Crippen LogP contribution in [-0.2, 0) is 14.3 Å². The van der Waals surface area contributed by atoms with Gasteiger partial charge in [0.15, 0.2) is 6.10 Å². The third-order valence-corrected chi connectivity index (χ3v) is 4.56. The molecule has 1 atom stereocenters. The molecule has 1 aliphatic heterocycles. The molecular weight excluding hydrogens is 384 g/mol. The number of hydrogen-bond donors (Lipinski definition) is 1. The van der Waals surface area contributed by atoms with Crippen LogP contribution in [0, 0.1) is 0 Å². The summed E-state index contributed by atoms with van der Waals surface area (Å²) < 4.78 is 5.09. The number of benzene rings is 2. The zero-order valence-corrected chi connectivity index (χ0v) is 15.7. The van der Waals surface area contributed by atoms with Crippen molar-refractivity contribution in [1.82, 2.24) is 4.90 Å². The van der Waals surface area contributed by atoms with E-state index in [9.17, 15) is 19.2 Å². The number of nitrogens with one attached hydrogen (secondary N) is 1. The number of imide groups is 1. The van der Waals surface area contributed by atoms with E-state index in [1.807, 2.05) is 0 Å². The second-order valence-electron chi connectivity index (χ2n) is 6.16. The Morgan fingerprint density at radius 3 is 2.21 bits per heavy atom. The molecule has 0 aliphatic carbocycles. The van der Waals surface area contributed by atoms with Crippen molar-refractivity contribution in [2.75, 3.05) is 11.9 Å². The normalized spacial score (nSPS) is 13.9. The maximum Gasteiger partial charge on any atom is 0.308 e. The van der Waals surface area contributed by atoms with E-state index in [1.165, 1.54) is 6.92 Å². The van der Waals surface area contributed by atoms with Gasteiger partial charge in [-0.15, -0.1) is 0 Å². The monoisotopic (exact) mass is 400 g/mol. The smallest absolute Gasteiger partial charge is 0.308 e. The van der Waals surface area contributed by atoms with Gasteiger partial charge in [-0.3, -0.25) is 24.1 Å². The van der Waals surface area contributed by atoms with Crippen molar-refractivity contribution < 1.29 is 23.9 Å². The molecule has 1 aliphatic rings. The minimum absolute atomic E-state index is 0.121. The molecule has 3 amide bonds. The van der Waals surface area contributed by atoms with E-state index < -0.39 is 29.8 Å². The molecular formula is C20H17ClN2O5. The predicted octanol–water partition coefficient (Wildman–Crippen LogP) is 2.90. The minimum Gasteiger partial charge on any atom is -0.452 e. The van der Waals surface area contributed by atoms with Crippen LogP contribution in [0.15, 0.2) is 48.5 Å². The van der Waals surface area contributed by atoms with Gasteiger partial charge >= 0.3 is 5.97 Å². The summed E-state index contributed by atoms with van der Waals surface area (Å²) in [5.74, 6) is -2.13. The van der Waals surface area contributed by atoms with Gasteiger partial charge in [-0.25, -0.2) is 0 Å². The van der Waals surface area contributed by atoms with Crippen LogP contribution in [0.1, 0.15) is 34.1 Å². The largest absolute Gasteiger partial charge is 0.452 e. The Morgan fingerprint density at radius 2 is 1.61 bits per heavy atom. The van der Waals surface area contributed by atoms with Gasteiger partial charge in [-0.1, -0.05) is 35.9 Å². The number of para-hydroxylation sites is 1. The molecule has 0 radical (unpaired) electrons. The molecule has 0 saturated carbocycles. The highest BCUT2D eigenvalue weighted by Crippen LogP contribution is 2.23. The lowest BCUT2D eigenvalue weighted by Crippen LogP contribution is -2.34. The van der Waals surface area contributed by atoms with Gasteiger partial charge in [0.2, 0.25) is 0 Å². The number of carbonyl (C=O) groups excluding carboxylic acids is 4. The lowest BCUT2D eigenvalue weighted by Gasteiger charge is -2.16. The molecule has 1 unspecified atom stereocenters. The Balaban J connectivity index is 1.52. The van der Waals surface area contributed by atoms with Crippen molar-refractivity contribution in [3.63, 3.8) is 0 Å². The SMILES string of the molecule is CC(OC(=O)CCN1C(=O)c2ccccc2C1=O)C(=O)Nc1ccccc1Cl. The van der Waals surface area contributed by atoms with Crippen LogP contribution in [0.2, 0.25) is 5.02 Å². The summed E-state index contributed by atoms with van der Waals surface area (Å²) in [6, 6.07) is 13.1. The first-order valence-electron chi connectivity index (χ1n) is 8.58. The number of carbonyl (C=O) groups is 4.